The van der Waals surface area contributed by atoms with Crippen molar-refractivity contribution < 1.29 is 9.53 Å². The van der Waals surface area contributed by atoms with Crippen LogP contribution in [-0.4, -0.2) is 23.0 Å². The first kappa shape index (κ1) is 14.9. The van der Waals surface area contributed by atoms with Gasteiger partial charge < -0.3 is 9.72 Å². The summed E-state index contributed by atoms with van der Waals surface area (Å²) in [5, 5.41) is 10.9. The van der Waals surface area contributed by atoms with Crippen LogP contribution in [0.15, 0.2) is 54.6 Å². The monoisotopic (exact) mass is 327 g/mol. The smallest absolute Gasteiger partial charge is 0.356 e. The summed E-state index contributed by atoms with van der Waals surface area (Å²) in [6.45, 7) is 0. The topological polar surface area (TPSA) is 78.8 Å². The first-order chi connectivity index (χ1) is 12.2. The Morgan fingerprint density at radius 3 is 2.60 bits per heavy atom. The summed E-state index contributed by atoms with van der Waals surface area (Å²) in [6.07, 6.45) is 0. The zero-order valence-corrected chi connectivity index (χ0v) is 13.4. The van der Waals surface area contributed by atoms with E-state index in [9.17, 15) is 4.79 Å². The summed E-state index contributed by atoms with van der Waals surface area (Å²) >= 11 is 0. The summed E-state index contributed by atoms with van der Waals surface area (Å²) in [7, 11) is 1.34. The Hall–Kier alpha value is -3.65. The van der Waals surface area contributed by atoms with Gasteiger partial charge in [0.25, 0.3) is 0 Å². The van der Waals surface area contributed by atoms with Gasteiger partial charge in [0.1, 0.15) is 5.69 Å². The molecule has 0 aliphatic heterocycles. The molecule has 2 aromatic heterocycles. The van der Waals surface area contributed by atoms with Crippen molar-refractivity contribution in [2.45, 2.75) is 0 Å². The van der Waals surface area contributed by atoms with E-state index in [2.05, 4.69) is 16.0 Å². The summed E-state index contributed by atoms with van der Waals surface area (Å²) in [5.41, 5.74) is 4.11. The third-order valence-electron chi connectivity index (χ3n) is 4.18. The zero-order chi connectivity index (χ0) is 17.4. The second-order valence-electron chi connectivity index (χ2n) is 5.63. The molecule has 120 valence electrons. The Balaban J connectivity index is 2.06. The first-order valence-electron chi connectivity index (χ1n) is 7.71. The van der Waals surface area contributed by atoms with E-state index in [-0.39, 0.29) is 5.69 Å². The lowest BCUT2D eigenvalue weighted by Gasteiger charge is -2.06. The van der Waals surface area contributed by atoms with Crippen molar-refractivity contribution in [1.29, 1.82) is 5.26 Å². The van der Waals surface area contributed by atoms with Crippen LogP contribution in [0, 0.1) is 11.3 Å². The second kappa shape index (κ2) is 5.77. The quantitative estimate of drug-likeness (QED) is 0.564. The van der Waals surface area contributed by atoms with Gasteiger partial charge in [-0.05, 0) is 24.3 Å². The molecule has 5 nitrogen and oxygen atoms in total. The molecule has 0 aliphatic carbocycles. The predicted octanol–water partition coefficient (Wildman–Crippen LogP) is 4.04. The third kappa shape index (κ3) is 2.41. The maximum absolute atomic E-state index is 12.1. The number of rotatable bonds is 2. The molecule has 0 amide bonds. The van der Waals surface area contributed by atoms with Gasteiger partial charge in [-0.15, -0.1) is 0 Å². The highest BCUT2D eigenvalue weighted by Crippen LogP contribution is 2.32. The minimum Gasteiger partial charge on any atom is -0.464 e. The third-order valence-corrected chi connectivity index (χ3v) is 4.18. The molecule has 0 spiro atoms. The molecular formula is C20H13N3O2. The van der Waals surface area contributed by atoms with Gasteiger partial charge in [0.05, 0.1) is 30.0 Å². The van der Waals surface area contributed by atoms with Crippen molar-refractivity contribution in [2.24, 2.45) is 0 Å². The lowest BCUT2D eigenvalue weighted by Crippen LogP contribution is -2.05. The number of H-pyrrole nitrogens is 1. The van der Waals surface area contributed by atoms with E-state index in [0.717, 1.165) is 27.4 Å². The van der Waals surface area contributed by atoms with Gasteiger partial charge in [-0.3, -0.25) is 0 Å². The molecule has 0 bridgehead atoms. The van der Waals surface area contributed by atoms with Crippen LogP contribution in [0.25, 0.3) is 33.1 Å². The summed E-state index contributed by atoms with van der Waals surface area (Å²) in [4.78, 5) is 19.9. The van der Waals surface area contributed by atoms with Crippen LogP contribution in [0.4, 0.5) is 0 Å². The number of pyridine rings is 1. The number of carbonyl (C=O) groups excluding carboxylic acids is 1. The van der Waals surface area contributed by atoms with Crippen LogP contribution in [0.3, 0.4) is 0 Å². The molecule has 0 saturated carbocycles. The number of methoxy groups -OCH3 is 1. The number of esters is 1. The van der Waals surface area contributed by atoms with Crippen LogP contribution in [-0.2, 0) is 4.74 Å². The van der Waals surface area contributed by atoms with Gasteiger partial charge in [0.2, 0.25) is 0 Å². The Morgan fingerprint density at radius 1 is 1.12 bits per heavy atom. The summed E-state index contributed by atoms with van der Waals surface area (Å²) in [5.74, 6) is -0.484. The van der Waals surface area contributed by atoms with Crippen LogP contribution < -0.4 is 0 Å². The van der Waals surface area contributed by atoms with Gasteiger partial charge in [-0.1, -0.05) is 30.3 Å². The fraction of sp³-hybridized carbons (Fsp3) is 0.0500. The number of hydrogen-bond donors (Lipinski definition) is 1. The average molecular weight is 327 g/mol. The standard InChI is InChI=1S/C20H13N3O2/c1-25-20(24)17-10-15-14-4-2-3-5-16(14)22-19(15)18(23-17)13-8-6-12(11-21)7-9-13/h2-10,22H,1H3. The van der Waals surface area contributed by atoms with Crippen LogP contribution in [0.5, 0.6) is 0 Å². The van der Waals surface area contributed by atoms with Gasteiger partial charge in [0, 0.05) is 21.9 Å². The van der Waals surface area contributed by atoms with Crippen LogP contribution >= 0.6 is 0 Å². The van der Waals surface area contributed by atoms with Gasteiger partial charge in [-0.25, -0.2) is 9.78 Å². The number of ether oxygens (including phenoxy) is 1. The highest BCUT2D eigenvalue weighted by Gasteiger charge is 2.17. The van der Waals surface area contributed by atoms with Gasteiger partial charge >= 0.3 is 5.97 Å². The maximum atomic E-state index is 12.1. The van der Waals surface area contributed by atoms with Crippen molar-refractivity contribution in [3.63, 3.8) is 0 Å². The molecule has 1 N–H and O–H groups in total. The number of nitriles is 1. The Kier molecular flexibility index (Phi) is 3.44. The Morgan fingerprint density at radius 2 is 1.88 bits per heavy atom. The molecular weight excluding hydrogens is 314 g/mol. The van der Waals surface area contributed by atoms with E-state index < -0.39 is 5.97 Å². The van der Waals surface area contributed by atoms with Gasteiger partial charge in [0.15, 0.2) is 0 Å². The van der Waals surface area contributed by atoms with Crippen molar-refractivity contribution in [3.8, 4) is 17.3 Å². The van der Waals surface area contributed by atoms with Crippen LogP contribution in [0.2, 0.25) is 0 Å². The number of para-hydroxylation sites is 1. The average Bonchev–Trinajstić information content (AvgIpc) is 3.05. The number of aromatic nitrogens is 2. The minimum absolute atomic E-state index is 0.249. The molecule has 0 radical (unpaired) electrons. The number of fused-ring (bicyclic) bond motifs is 3. The molecule has 5 heteroatoms. The van der Waals surface area contributed by atoms with E-state index in [1.807, 2.05) is 36.4 Å². The lowest BCUT2D eigenvalue weighted by molar-refractivity contribution is 0.0594. The second-order valence-corrected chi connectivity index (χ2v) is 5.63. The molecule has 2 aromatic carbocycles. The van der Waals surface area contributed by atoms with Crippen molar-refractivity contribution in [1.82, 2.24) is 9.97 Å². The number of carbonyl (C=O) groups is 1. The fourth-order valence-corrected chi connectivity index (χ4v) is 2.97. The fourth-order valence-electron chi connectivity index (χ4n) is 2.97. The Labute approximate surface area is 143 Å². The molecule has 4 aromatic rings. The molecule has 0 saturated heterocycles. The highest BCUT2D eigenvalue weighted by molar-refractivity contribution is 6.12. The number of aromatic amines is 1. The molecule has 25 heavy (non-hydrogen) atoms. The van der Waals surface area contributed by atoms with Gasteiger partial charge in [-0.2, -0.15) is 5.26 Å². The molecule has 0 atom stereocenters. The van der Waals surface area contributed by atoms with E-state index >= 15 is 0 Å². The zero-order valence-electron chi connectivity index (χ0n) is 13.4. The van der Waals surface area contributed by atoms with Crippen molar-refractivity contribution in [3.05, 3.63) is 65.9 Å². The molecule has 4 rings (SSSR count). The maximum Gasteiger partial charge on any atom is 0.356 e. The molecule has 0 unspecified atom stereocenters. The predicted molar refractivity (Wildman–Crippen MR) is 95.1 cm³/mol. The minimum atomic E-state index is -0.484. The van der Waals surface area contributed by atoms with Crippen molar-refractivity contribution >= 4 is 27.8 Å². The van der Waals surface area contributed by atoms with Crippen LogP contribution in [0.1, 0.15) is 16.1 Å². The first-order valence-corrected chi connectivity index (χ1v) is 7.71. The molecule has 0 fully saturated rings. The highest BCUT2D eigenvalue weighted by atomic mass is 16.5. The number of benzene rings is 2. The summed E-state index contributed by atoms with van der Waals surface area (Å²) < 4.78 is 4.85. The SMILES string of the molecule is COC(=O)c1cc2c([nH]c3ccccc32)c(-c2ccc(C#N)cc2)n1. The van der Waals surface area contributed by atoms with E-state index in [1.165, 1.54) is 7.11 Å². The molecule has 2 heterocycles. The Bertz CT molecular complexity index is 1150. The number of nitrogens with one attached hydrogen (secondary N) is 1. The van der Waals surface area contributed by atoms with Crippen molar-refractivity contribution in [2.75, 3.05) is 7.11 Å². The molecule has 0 aliphatic rings. The van der Waals surface area contributed by atoms with E-state index in [0.29, 0.717) is 11.3 Å². The number of hydrogen-bond acceptors (Lipinski definition) is 4. The number of nitrogens with zero attached hydrogens (tertiary/aromatic N) is 2. The van der Waals surface area contributed by atoms with E-state index in [1.54, 1.807) is 18.2 Å². The summed E-state index contributed by atoms with van der Waals surface area (Å²) in [6, 6.07) is 18.8. The van der Waals surface area contributed by atoms with E-state index in [4.69, 9.17) is 10.00 Å². The normalized spacial score (nSPS) is 10.7. The largest absolute Gasteiger partial charge is 0.464 e. The lowest BCUT2D eigenvalue weighted by atomic mass is 10.1.